The molecule has 0 amide bonds. The van der Waals surface area contributed by atoms with Gasteiger partial charge in [0.1, 0.15) is 17.5 Å². The van der Waals surface area contributed by atoms with Crippen molar-refractivity contribution in [1.82, 2.24) is 0 Å². The Morgan fingerprint density at radius 3 is 1.51 bits per heavy atom. The average molecular weight is 484 g/mol. The largest absolute Gasteiger partial charge is 0.871 e. The second kappa shape index (κ2) is 10.5. The summed E-state index contributed by atoms with van der Waals surface area (Å²) in [5, 5.41) is 23.6. The van der Waals surface area contributed by atoms with Crippen LogP contribution in [0, 0.1) is 17.5 Å². The quantitative estimate of drug-likeness (QED) is 0.412. The molecule has 3 aromatic carbocycles. The van der Waals surface area contributed by atoms with Gasteiger partial charge < -0.3 is 19.2 Å². The first-order valence-corrected chi connectivity index (χ1v) is 11.4. The minimum Gasteiger partial charge on any atom is -0.871 e. The van der Waals surface area contributed by atoms with Gasteiger partial charge in [0.25, 0.3) is 0 Å². The number of hydrogen-bond donors (Lipinski definition) is 0. The van der Waals surface area contributed by atoms with E-state index in [-0.39, 0.29) is 12.0 Å². The molecule has 1 unspecified atom stereocenters. The van der Waals surface area contributed by atoms with Crippen molar-refractivity contribution < 1.29 is 32.4 Å². The molecule has 0 aliphatic heterocycles. The van der Waals surface area contributed by atoms with Crippen LogP contribution in [0.2, 0.25) is 0 Å². The van der Waals surface area contributed by atoms with Gasteiger partial charge in [0.15, 0.2) is 0 Å². The predicted molar refractivity (Wildman–Crippen MR) is 126 cm³/mol. The first kappa shape index (κ1) is 27.0. The Morgan fingerprint density at radius 1 is 0.714 bits per heavy atom. The highest BCUT2D eigenvalue weighted by molar-refractivity contribution is 6.28. The predicted octanol–water partition coefficient (Wildman–Crippen LogP) is 3.51. The van der Waals surface area contributed by atoms with E-state index in [9.17, 15) is 23.2 Å². The van der Waals surface area contributed by atoms with Gasteiger partial charge in [-0.15, -0.1) is 0 Å². The summed E-state index contributed by atoms with van der Waals surface area (Å²) in [6.45, 7) is 0. The zero-order valence-corrected chi connectivity index (χ0v) is 20.4. The van der Waals surface area contributed by atoms with E-state index in [0.29, 0.717) is 24.0 Å². The second-order valence-corrected chi connectivity index (χ2v) is 10.2. The summed E-state index contributed by atoms with van der Waals surface area (Å²) in [6.07, 6.45) is 1.06. The monoisotopic (exact) mass is 484 g/mol. The van der Waals surface area contributed by atoms with Gasteiger partial charge in [0, 0.05) is 0 Å². The molecule has 0 N–H and O–H groups in total. The van der Waals surface area contributed by atoms with E-state index < -0.39 is 35.8 Å². The van der Waals surface area contributed by atoms with Crippen molar-refractivity contribution >= 4 is 7.32 Å². The van der Waals surface area contributed by atoms with E-state index in [0.717, 1.165) is 4.48 Å². The zero-order chi connectivity index (χ0) is 25.9. The molecule has 1 aliphatic rings. The van der Waals surface area contributed by atoms with Crippen molar-refractivity contribution in [3.63, 3.8) is 0 Å². The Labute approximate surface area is 205 Å². The third-order valence-corrected chi connectivity index (χ3v) is 5.99. The van der Waals surface area contributed by atoms with Gasteiger partial charge in [-0.2, -0.15) is 0 Å². The van der Waals surface area contributed by atoms with Crippen LogP contribution in [0.15, 0.2) is 72.8 Å². The summed E-state index contributed by atoms with van der Waals surface area (Å²) in [4.78, 5) is 0. The molecule has 8 heteroatoms. The Balaban J connectivity index is 0.000000623. The Kier molecular flexibility index (Phi) is 8.12. The molecule has 1 aliphatic carbocycles. The summed E-state index contributed by atoms with van der Waals surface area (Å²) >= 11 is 0. The number of nitrogens with zero attached hydrogens (tertiary/aromatic N) is 1. The highest BCUT2D eigenvalue weighted by Gasteiger charge is 2.58. The van der Waals surface area contributed by atoms with Gasteiger partial charge in [0.2, 0.25) is 0 Å². The highest BCUT2D eigenvalue weighted by atomic mass is 19.1. The third kappa shape index (κ3) is 5.96. The van der Waals surface area contributed by atoms with E-state index in [4.69, 9.17) is 4.65 Å². The van der Waals surface area contributed by atoms with Gasteiger partial charge in [-0.1, -0.05) is 36.4 Å². The third-order valence-electron chi connectivity index (χ3n) is 5.99. The van der Waals surface area contributed by atoms with Crippen molar-refractivity contribution in [3.8, 4) is 0 Å². The number of quaternary nitrogens is 1. The lowest BCUT2D eigenvalue weighted by Crippen LogP contribution is -2.58. The van der Waals surface area contributed by atoms with Crippen molar-refractivity contribution in [2.45, 2.75) is 30.3 Å². The minimum absolute atomic E-state index is 0.213. The lowest BCUT2D eigenvalue weighted by Gasteiger charge is -2.52. The SMILES string of the molecule is C[N+](C)(C)C.[O-]B([O-])OC1(c2cccc(F)c2)CCCC1(c1cccc(F)c1)c1cccc(F)c1. The molecule has 0 heterocycles. The van der Waals surface area contributed by atoms with Gasteiger partial charge >= 0.3 is 0 Å². The molecule has 0 saturated heterocycles. The fourth-order valence-electron chi connectivity index (χ4n) is 4.97. The van der Waals surface area contributed by atoms with Crippen molar-refractivity contribution in [2.24, 2.45) is 0 Å². The van der Waals surface area contributed by atoms with E-state index in [1.165, 1.54) is 54.6 Å². The highest BCUT2D eigenvalue weighted by Crippen LogP contribution is 2.60. The standard InChI is InChI=1S/C23H18BF3O3.C4H12N/c25-19-8-1-5-16(13-19)22(17-6-2-9-20(26)14-17)11-4-12-23(22,30-24(28)29)18-7-3-10-21(27)15-18;1-5(2,3)4/h1-3,5-10,13-15H,4,11-12H2;1-4H3/q-2;+1. The summed E-state index contributed by atoms with van der Waals surface area (Å²) < 4.78 is 49.2. The van der Waals surface area contributed by atoms with Crippen LogP contribution in [-0.4, -0.2) is 40.0 Å². The van der Waals surface area contributed by atoms with E-state index >= 15 is 0 Å². The first-order valence-electron chi connectivity index (χ1n) is 11.4. The number of benzene rings is 3. The minimum atomic E-state index is -2.67. The maximum absolute atomic E-state index is 14.3. The van der Waals surface area contributed by atoms with Gasteiger partial charge in [0.05, 0.1) is 46.5 Å². The fourth-order valence-corrected chi connectivity index (χ4v) is 4.97. The Morgan fingerprint density at radius 2 is 1.11 bits per heavy atom. The molecule has 0 spiro atoms. The van der Waals surface area contributed by atoms with Gasteiger partial charge in [-0.05, 0) is 72.4 Å². The van der Waals surface area contributed by atoms with Crippen LogP contribution >= 0.6 is 0 Å². The van der Waals surface area contributed by atoms with Crippen LogP contribution in [0.5, 0.6) is 0 Å². The summed E-state index contributed by atoms with van der Waals surface area (Å²) in [5.74, 6) is -1.61. The maximum atomic E-state index is 14.3. The summed E-state index contributed by atoms with van der Waals surface area (Å²) in [5.41, 5.74) is -1.72. The molecule has 4 rings (SSSR count). The van der Waals surface area contributed by atoms with Crippen LogP contribution in [0.3, 0.4) is 0 Å². The number of rotatable bonds is 5. The second-order valence-electron chi connectivity index (χ2n) is 10.2. The normalized spacial score (nSPS) is 19.1. The molecule has 1 fully saturated rings. The van der Waals surface area contributed by atoms with Crippen LogP contribution in [0.25, 0.3) is 0 Å². The molecule has 1 saturated carbocycles. The Bertz CT molecular complexity index is 1100. The average Bonchev–Trinajstić information content (AvgIpc) is 3.13. The molecule has 186 valence electrons. The van der Waals surface area contributed by atoms with Crippen LogP contribution < -0.4 is 10.0 Å². The molecular formula is C27H30BF3NO3-. The molecule has 0 radical (unpaired) electrons. The lowest BCUT2D eigenvalue weighted by molar-refractivity contribution is -0.849. The molecule has 0 bridgehead atoms. The first-order chi connectivity index (χ1) is 16.4. The van der Waals surface area contributed by atoms with Crippen LogP contribution in [0.4, 0.5) is 13.2 Å². The van der Waals surface area contributed by atoms with Crippen LogP contribution in [0.1, 0.15) is 36.0 Å². The lowest BCUT2D eigenvalue weighted by atomic mass is 9.62. The van der Waals surface area contributed by atoms with E-state index in [1.54, 1.807) is 18.2 Å². The van der Waals surface area contributed by atoms with Crippen molar-refractivity contribution in [3.05, 3.63) is 107 Å². The van der Waals surface area contributed by atoms with Crippen LogP contribution in [-0.2, 0) is 15.7 Å². The molecule has 35 heavy (non-hydrogen) atoms. The zero-order valence-electron chi connectivity index (χ0n) is 20.4. The molecule has 4 nitrogen and oxygen atoms in total. The smallest absolute Gasteiger partial charge is 0.123 e. The van der Waals surface area contributed by atoms with Crippen molar-refractivity contribution in [2.75, 3.05) is 28.2 Å². The van der Waals surface area contributed by atoms with Gasteiger partial charge in [-0.25, -0.2) is 13.2 Å². The van der Waals surface area contributed by atoms with E-state index in [1.807, 2.05) is 0 Å². The summed E-state index contributed by atoms with van der Waals surface area (Å²) in [6, 6.07) is 16.9. The van der Waals surface area contributed by atoms with E-state index in [2.05, 4.69) is 28.2 Å². The number of hydrogen-bond acceptors (Lipinski definition) is 3. The Hall–Kier alpha value is -2.65. The van der Waals surface area contributed by atoms with Gasteiger partial charge in [-0.3, -0.25) is 0 Å². The molecular weight excluding hydrogens is 454 g/mol. The topological polar surface area (TPSA) is 55.3 Å². The summed E-state index contributed by atoms with van der Waals surface area (Å²) in [7, 11) is 5.83. The molecule has 0 aromatic heterocycles. The fraction of sp³-hybridized carbons (Fsp3) is 0.333. The maximum Gasteiger partial charge on any atom is 0.123 e. The van der Waals surface area contributed by atoms with Crippen molar-refractivity contribution in [1.29, 1.82) is 0 Å². The molecule has 3 aromatic rings. The number of halogens is 3. The molecule has 1 atom stereocenters.